The average Bonchev–Trinajstić information content (AvgIpc) is 3.46. The summed E-state index contributed by atoms with van der Waals surface area (Å²) in [5.41, 5.74) is 0. The highest BCUT2D eigenvalue weighted by atomic mass is 19.3. The van der Waals surface area contributed by atoms with E-state index in [9.17, 15) is 18.4 Å². The van der Waals surface area contributed by atoms with Gasteiger partial charge in [-0.2, -0.15) is 4.98 Å². The van der Waals surface area contributed by atoms with Crippen LogP contribution in [0, 0.1) is 11.8 Å². The molecule has 2 heterocycles. The molecular formula is C19H27F2N5O4. The van der Waals surface area contributed by atoms with Crippen LogP contribution in [-0.2, 0) is 4.79 Å². The summed E-state index contributed by atoms with van der Waals surface area (Å²) in [5, 5.41) is 2.53. The molecule has 1 saturated heterocycles. The summed E-state index contributed by atoms with van der Waals surface area (Å²) >= 11 is 0. The Labute approximate surface area is 173 Å². The van der Waals surface area contributed by atoms with Gasteiger partial charge in [-0.25, -0.2) is 18.6 Å². The predicted octanol–water partition coefficient (Wildman–Crippen LogP) is 1.92. The van der Waals surface area contributed by atoms with Gasteiger partial charge < -0.3 is 24.6 Å². The number of rotatable bonds is 8. The Hall–Kier alpha value is -2.72. The molecule has 1 saturated carbocycles. The number of alkyl halides is 2. The van der Waals surface area contributed by atoms with Crippen LogP contribution in [0.5, 0.6) is 11.8 Å². The normalized spacial score (nSPS) is 18.4. The Balaban J connectivity index is 1.69. The number of hydrogen-bond donors (Lipinski definition) is 1. The Bertz CT molecular complexity index is 793. The number of likely N-dealkylation sites (N-methyl/N-ethyl adjacent to an activating group) is 1. The fourth-order valence-electron chi connectivity index (χ4n) is 2.90. The molecule has 2 aliphatic rings. The molecule has 0 radical (unpaired) electrons. The van der Waals surface area contributed by atoms with E-state index in [1.807, 2.05) is 0 Å². The second-order valence-corrected chi connectivity index (χ2v) is 8.29. The van der Waals surface area contributed by atoms with E-state index in [0.717, 1.165) is 12.8 Å². The number of carbonyl (C=O) groups is 2. The van der Waals surface area contributed by atoms with Gasteiger partial charge in [0.2, 0.25) is 11.8 Å². The Morgan fingerprint density at radius 2 is 2.00 bits per heavy atom. The van der Waals surface area contributed by atoms with Crippen LogP contribution < -0.4 is 19.7 Å². The summed E-state index contributed by atoms with van der Waals surface area (Å²) < 4.78 is 37.3. The lowest BCUT2D eigenvalue weighted by Crippen LogP contribution is -2.56. The standard InChI is InChI=1S/C19H27F2N5O4/c1-11(2)14(17(27)25(3)4)24-18(28)30-13-7-22-15(26-9-19(20,21)10-26)16(23-13)29-8-12-5-6-12/h7,11-12,14H,5-6,8-10H2,1-4H3,(H,24,28). The molecule has 1 N–H and O–H groups in total. The lowest BCUT2D eigenvalue weighted by molar-refractivity contribution is -0.131. The summed E-state index contributed by atoms with van der Waals surface area (Å²) in [6, 6.07) is -0.770. The van der Waals surface area contributed by atoms with E-state index in [0.29, 0.717) is 12.5 Å². The van der Waals surface area contributed by atoms with Gasteiger partial charge in [0.15, 0.2) is 5.82 Å². The highest BCUT2D eigenvalue weighted by molar-refractivity contribution is 5.86. The molecule has 1 unspecified atom stereocenters. The van der Waals surface area contributed by atoms with Crippen molar-refractivity contribution in [3.8, 4) is 11.8 Å². The molecule has 3 rings (SSSR count). The van der Waals surface area contributed by atoms with E-state index in [-0.39, 0.29) is 29.4 Å². The second-order valence-electron chi connectivity index (χ2n) is 8.29. The van der Waals surface area contributed by atoms with Crippen LogP contribution in [0.4, 0.5) is 19.4 Å². The molecule has 2 amide bonds. The molecule has 9 nitrogen and oxygen atoms in total. The maximum atomic E-state index is 13.3. The predicted molar refractivity (Wildman–Crippen MR) is 104 cm³/mol. The average molecular weight is 427 g/mol. The summed E-state index contributed by atoms with van der Waals surface area (Å²) in [6.07, 6.45) is 2.39. The molecule has 0 aromatic carbocycles. The van der Waals surface area contributed by atoms with Crippen LogP contribution in [0.1, 0.15) is 26.7 Å². The van der Waals surface area contributed by atoms with E-state index < -0.39 is 31.1 Å². The molecule has 30 heavy (non-hydrogen) atoms. The number of anilines is 1. The van der Waals surface area contributed by atoms with Gasteiger partial charge in [0, 0.05) is 14.1 Å². The summed E-state index contributed by atoms with van der Waals surface area (Å²) in [4.78, 5) is 35.5. The van der Waals surface area contributed by atoms with Crippen LogP contribution in [-0.4, -0.2) is 72.6 Å². The minimum absolute atomic E-state index is 0.0486. The van der Waals surface area contributed by atoms with Crippen LogP contribution in [0.25, 0.3) is 0 Å². The van der Waals surface area contributed by atoms with Crippen molar-refractivity contribution in [1.29, 1.82) is 0 Å². The smallest absolute Gasteiger partial charge is 0.414 e. The maximum Gasteiger partial charge on any atom is 0.414 e. The number of aromatic nitrogens is 2. The maximum absolute atomic E-state index is 13.3. The molecule has 11 heteroatoms. The lowest BCUT2D eigenvalue weighted by atomic mass is 10.0. The molecule has 1 aromatic rings. The van der Waals surface area contributed by atoms with Gasteiger partial charge in [-0.3, -0.25) is 4.79 Å². The third kappa shape index (κ3) is 5.45. The van der Waals surface area contributed by atoms with Crippen molar-refractivity contribution in [2.75, 3.05) is 38.7 Å². The van der Waals surface area contributed by atoms with E-state index in [1.54, 1.807) is 27.9 Å². The Kier molecular flexibility index (Phi) is 6.27. The van der Waals surface area contributed by atoms with Crippen LogP contribution in [0.3, 0.4) is 0 Å². The lowest BCUT2D eigenvalue weighted by Gasteiger charge is -2.39. The van der Waals surface area contributed by atoms with E-state index in [2.05, 4.69) is 15.3 Å². The SMILES string of the molecule is CC(C)C(NC(=O)Oc1cnc(N2CC(F)(F)C2)c(OCC2CC2)n1)C(=O)N(C)C. The Morgan fingerprint density at radius 3 is 2.53 bits per heavy atom. The van der Waals surface area contributed by atoms with Crippen LogP contribution in [0.2, 0.25) is 0 Å². The Morgan fingerprint density at radius 1 is 1.33 bits per heavy atom. The van der Waals surface area contributed by atoms with Crippen LogP contribution in [0.15, 0.2) is 6.20 Å². The van der Waals surface area contributed by atoms with Crippen molar-refractivity contribution in [2.45, 2.75) is 38.7 Å². The zero-order chi connectivity index (χ0) is 22.1. The minimum Gasteiger partial charge on any atom is -0.475 e. The number of nitrogens with zero attached hydrogens (tertiary/aromatic N) is 4. The number of halogens is 2. The van der Waals surface area contributed by atoms with Crippen molar-refractivity contribution in [3.05, 3.63) is 6.20 Å². The van der Waals surface area contributed by atoms with Crippen molar-refractivity contribution in [2.24, 2.45) is 11.8 Å². The first-order valence-electron chi connectivity index (χ1n) is 9.88. The van der Waals surface area contributed by atoms with E-state index in [1.165, 1.54) is 16.0 Å². The fourth-order valence-corrected chi connectivity index (χ4v) is 2.90. The first-order chi connectivity index (χ1) is 14.1. The fraction of sp³-hybridized carbons (Fsp3) is 0.684. The molecule has 0 bridgehead atoms. The number of amides is 2. The van der Waals surface area contributed by atoms with Crippen molar-refractivity contribution < 1.29 is 27.8 Å². The molecule has 166 valence electrons. The third-order valence-corrected chi connectivity index (χ3v) is 4.84. The summed E-state index contributed by atoms with van der Waals surface area (Å²) in [5.74, 6) is -2.69. The summed E-state index contributed by atoms with van der Waals surface area (Å²) in [7, 11) is 3.19. The number of nitrogens with one attached hydrogen (secondary N) is 1. The summed E-state index contributed by atoms with van der Waals surface area (Å²) in [6.45, 7) is 3.06. The van der Waals surface area contributed by atoms with Crippen molar-refractivity contribution >= 4 is 17.8 Å². The zero-order valence-corrected chi connectivity index (χ0v) is 17.5. The van der Waals surface area contributed by atoms with Gasteiger partial charge in [-0.05, 0) is 24.7 Å². The molecule has 1 aromatic heterocycles. The van der Waals surface area contributed by atoms with Gasteiger partial charge in [0.25, 0.3) is 11.8 Å². The van der Waals surface area contributed by atoms with E-state index in [4.69, 9.17) is 9.47 Å². The highest BCUT2D eigenvalue weighted by Gasteiger charge is 2.46. The quantitative estimate of drug-likeness (QED) is 0.677. The van der Waals surface area contributed by atoms with Gasteiger partial charge >= 0.3 is 6.09 Å². The van der Waals surface area contributed by atoms with Gasteiger partial charge in [-0.15, -0.1) is 0 Å². The van der Waals surface area contributed by atoms with Crippen LogP contribution >= 0.6 is 0 Å². The van der Waals surface area contributed by atoms with Gasteiger partial charge in [-0.1, -0.05) is 13.8 Å². The third-order valence-electron chi connectivity index (χ3n) is 4.84. The molecule has 1 aliphatic carbocycles. The topological polar surface area (TPSA) is 96.9 Å². The first kappa shape index (κ1) is 22.0. The zero-order valence-electron chi connectivity index (χ0n) is 17.5. The molecule has 1 atom stereocenters. The number of hydrogen-bond acceptors (Lipinski definition) is 7. The number of ether oxygens (including phenoxy) is 2. The molecule has 2 fully saturated rings. The van der Waals surface area contributed by atoms with Crippen molar-refractivity contribution in [1.82, 2.24) is 20.2 Å². The number of carbonyl (C=O) groups excluding carboxylic acids is 2. The van der Waals surface area contributed by atoms with Gasteiger partial charge in [0.1, 0.15) is 6.04 Å². The molecule has 1 aliphatic heterocycles. The van der Waals surface area contributed by atoms with Crippen molar-refractivity contribution in [3.63, 3.8) is 0 Å². The second kappa shape index (κ2) is 8.57. The largest absolute Gasteiger partial charge is 0.475 e. The highest BCUT2D eigenvalue weighted by Crippen LogP contribution is 2.37. The van der Waals surface area contributed by atoms with Gasteiger partial charge in [0.05, 0.1) is 25.9 Å². The van der Waals surface area contributed by atoms with E-state index >= 15 is 0 Å². The molecule has 0 spiro atoms. The monoisotopic (exact) mass is 427 g/mol. The molecular weight excluding hydrogens is 400 g/mol. The first-order valence-corrected chi connectivity index (χ1v) is 9.88. The minimum atomic E-state index is -2.77.